The van der Waals surface area contributed by atoms with E-state index in [4.69, 9.17) is 16.2 Å². The first-order valence-electron chi connectivity index (χ1n) is 4.64. The van der Waals surface area contributed by atoms with E-state index in [1.807, 2.05) is 0 Å². The second kappa shape index (κ2) is 5.05. The number of carbonyl (C=O) groups excluding carboxylic acids is 1. The Bertz CT molecular complexity index is 386. The molecule has 0 atom stereocenters. The van der Waals surface area contributed by atoms with Gasteiger partial charge in [-0.3, -0.25) is 0 Å². The third kappa shape index (κ3) is 3.02. The molecule has 0 saturated carbocycles. The fraction of sp³-hybridized carbons (Fsp3) is 0.182. The highest BCUT2D eigenvalue weighted by atomic mass is 16.5. The van der Waals surface area contributed by atoms with Crippen LogP contribution in [-0.4, -0.2) is 12.6 Å². The standard InChI is InChI=1S/C11H14N2O2/c1-2-15-10(14)7-6-8-4-3-5-9(12)11(8)13/h3-7H,2,12-13H2,1H3/b7-6+. The van der Waals surface area contributed by atoms with Crippen molar-refractivity contribution in [2.75, 3.05) is 18.1 Å². The van der Waals surface area contributed by atoms with E-state index in [0.29, 0.717) is 23.5 Å². The molecular formula is C11H14N2O2. The summed E-state index contributed by atoms with van der Waals surface area (Å²) in [6, 6.07) is 5.26. The number of hydrogen-bond acceptors (Lipinski definition) is 4. The Kier molecular flexibility index (Phi) is 3.74. The minimum atomic E-state index is -0.390. The largest absolute Gasteiger partial charge is 0.463 e. The highest BCUT2D eigenvalue weighted by Gasteiger charge is 1.99. The Morgan fingerprint density at radius 3 is 2.87 bits per heavy atom. The van der Waals surface area contributed by atoms with Gasteiger partial charge in [0, 0.05) is 6.08 Å². The van der Waals surface area contributed by atoms with Crippen molar-refractivity contribution >= 4 is 23.4 Å². The van der Waals surface area contributed by atoms with Crippen molar-refractivity contribution in [2.45, 2.75) is 6.92 Å². The smallest absolute Gasteiger partial charge is 0.330 e. The Hall–Kier alpha value is -1.97. The van der Waals surface area contributed by atoms with Crippen LogP contribution in [0.1, 0.15) is 12.5 Å². The van der Waals surface area contributed by atoms with Gasteiger partial charge >= 0.3 is 5.97 Å². The molecule has 1 aromatic rings. The van der Waals surface area contributed by atoms with E-state index < -0.39 is 0 Å². The summed E-state index contributed by atoms with van der Waals surface area (Å²) in [5, 5.41) is 0. The second-order valence-corrected chi connectivity index (χ2v) is 2.94. The zero-order valence-corrected chi connectivity index (χ0v) is 8.57. The van der Waals surface area contributed by atoms with Crippen molar-refractivity contribution in [3.8, 4) is 0 Å². The number of carbonyl (C=O) groups is 1. The molecule has 0 aliphatic carbocycles. The van der Waals surface area contributed by atoms with Crippen LogP contribution in [0.4, 0.5) is 11.4 Å². The highest BCUT2D eigenvalue weighted by Crippen LogP contribution is 2.20. The van der Waals surface area contributed by atoms with Crippen LogP contribution < -0.4 is 11.5 Å². The number of para-hydroxylation sites is 1. The van der Waals surface area contributed by atoms with Crippen molar-refractivity contribution in [3.63, 3.8) is 0 Å². The monoisotopic (exact) mass is 206 g/mol. The maximum atomic E-state index is 11.0. The van der Waals surface area contributed by atoms with Crippen LogP contribution in [-0.2, 0) is 9.53 Å². The SMILES string of the molecule is CCOC(=O)/C=C/c1cccc(N)c1N. The van der Waals surface area contributed by atoms with Gasteiger partial charge in [0.05, 0.1) is 18.0 Å². The van der Waals surface area contributed by atoms with Crippen LogP contribution in [0.15, 0.2) is 24.3 Å². The molecule has 0 aromatic heterocycles. The van der Waals surface area contributed by atoms with E-state index >= 15 is 0 Å². The number of ether oxygens (including phenoxy) is 1. The third-order valence-corrected chi connectivity index (χ3v) is 1.86. The van der Waals surface area contributed by atoms with Gasteiger partial charge in [0.2, 0.25) is 0 Å². The van der Waals surface area contributed by atoms with Crippen LogP contribution in [0.25, 0.3) is 6.08 Å². The third-order valence-electron chi connectivity index (χ3n) is 1.86. The lowest BCUT2D eigenvalue weighted by molar-refractivity contribution is -0.137. The zero-order valence-electron chi connectivity index (χ0n) is 8.57. The molecule has 0 heterocycles. The second-order valence-electron chi connectivity index (χ2n) is 2.94. The van der Waals surface area contributed by atoms with Gasteiger partial charge in [0.25, 0.3) is 0 Å². The molecule has 15 heavy (non-hydrogen) atoms. The molecule has 0 unspecified atom stereocenters. The van der Waals surface area contributed by atoms with E-state index in [-0.39, 0.29) is 5.97 Å². The van der Waals surface area contributed by atoms with Crippen molar-refractivity contribution < 1.29 is 9.53 Å². The normalized spacial score (nSPS) is 10.5. The zero-order chi connectivity index (χ0) is 11.3. The molecule has 1 aromatic carbocycles. The van der Waals surface area contributed by atoms with Crippen LogP contribution in [0.2, 0.25) is 0 Å². The minimum Gasteiger partial charge on any atom is -0.463 e. The van der Waals surface area contributed by atoms with E-state index in [0.717, 1.165) is 0 Å². The summed E-state index contributed by atoms with van der Waals surface area (Å²) in [6.45, 7) is 2.11. The molecule has 0 amide bonds. The molecule has 0 spiro atoms. The number of nitrogen functional groups attached to an aromatic ring is 2. The van der Waals surface area contributed by atoms with Crippen LogP contribution >= 0.6 is 0 Å². The van der Waals surface area contributed by atoms with Gasteiger partial charge in [-0.1, -0.05) is 12.1 Å². The molecule has 0 saturated heterocycles. The van der Waals surface area contributed by atoms with Crippen LogP contribution in [0.3, 0.4) is 0 Å². The molecule has 4 nitrogen and oxygen atoms in total. The van der Waals surface area contributed by atoms with Gasteiger partial charge in [0.1, 0.15) is 0 Å². The average Bonchev–Trinajstić information content (AvgIpc) is 2.21. The quantitative estimate of drug-likeness (QED) is 0.445. The summed E-state index contributed by atoms with van der Waals surface area (Å²) in [6.07, 6.45) is 2.92. The van der Waals surface area contributed by atoms with Crippen LogP contribution in [0, 0.1) is 0 Å². The van der Waals surface area contributed by atoms with Gasteiger partial charge in [0.15, 0.2) is 0 Å². The van der Waals surface area contributed by atoms with Gasteiger partial charge in [-0.05, 0) is 24.6 Å². The van der Waals surface area contributed by atoms with Crippen molar-refractivity contribution in [3.05, 3.63) is 29.8 Å². The molecule has 80 valence electrons. The molecule has 0 bridgehead atoms. The predicted molar refractivity (Wildman–Crippen MR) is 60.9 cm³/mol. The van der Waals surface area contributed by atoms with Gasteiger partial charge in [-0.2, -0.15) is 0 Å². The summed E-state index contributed by atoms with van der Waals surface area (Å²) in [5.74, 6) is -0.390. The molecular weight excluding hydrogens is 192 g/mol. The first-order chi connectivity index (χ1) is 7.15. The van der Waals surface area contributed by atoms with Crippen molar-refractivity contribution in [1.82, 2.24) is 0 Å². The number of nitrogens with two attached hydrogens (primary N) is 2. The van der Waals surface area contributed by atoms with E-state index in [9.17, 15) is 4.79 Å². The Balaban J connectivity index is 2.81. The first-order valence-corrected chi connectivity index (χ1v) is 4.64. The number of benzene rings is 1. The van der Waals surface area contributed by atoms with Gasteiger partial charge < -0.3 is 16.2 Å². The lowest BCUT2D eigenvalue weighted by Gasteiger charge is -2.03. The summed E-state index contributed by atoms with van der Waals surface area (Å²) in [4.78, 5) is 11.0. The number of esters is 1. The van der Waals surface area contributed by atoms with E-state index in [2.05, 4.69) is 0 Å². The average molecular weight is 206 g/mol. The summed E-state index contributed by atoms with van der Waals surface area (Å²) < 4.78 is 4.74. The Morgan fingerprint density at radius 1 is 1.47 bits per heavy atom. The summed E-state index contributed by atoms with van der Waals surface area (Å²) in [5.41, 5.74) is 13.0. The molecule has 4 heteroatoms. The van der Waals surface area contributed by atoms with E-state index in [1.54, 1.807) is 31.2 Å². The fourth-order valence-electron chi connectivity index (χ4n) is 1.10. The molecule has 0 aliphatic rings. The first kappa shape index (κ1) is 11.1. The number of anilines is 2. The van der Waals surface area contributed by atoms with Crippen molar-refractivity contribution in [2.24, 2.45) is 0 Å². The fourth-order valence-corrected chi connectivity index (χ4v) is 1.10. The van der Waals surface area contributed by atoms with Crippen LogP contribution in [0.5, 0.6) is 0 Å². The predicted octanol–water partition coefficient (Wildman–Crippen LogP) is 1.43. The topological polar surface area (TPSA) is 78.3 Å². The maximum Gasteiger partial charge on any atom is 0.330 e. The maximum absolute atomic E-state index is 11.0. The molecule has 0 radical (unpaired) electrons. The summed E-state index contributed by atoms with van der Waals surface area (Å²) in [7, 11) is 0. The Morgan fingerprint density at radius 2 is 2.20 bits per heavy atom. The summed E-state index contributed by atoms with van der Waals surface area (Å²) >= 11 is 0. The molecule has 1 rings (SSSR count). The lowest BCUT2D eigenvalue weighted by Crippen LogP contribution is -2.00. The van der Waals surface area contributed by atoms with Gasteiger partial charge in [-0.15, -0.1) is 0 Å². The Labute approximate surface area is 88.5 Å². The number of hydrogen-bond donors (Lipinski definition) is 2. The molecule has 4 N–H and O–H groups in total. The number of rotatable bonds is 3. The van der Waals surface area contributed by atoms with Gasteiger partial charge in [-0.25, -0.2) is 4.79 Å². The van der Waals surface area contributed by atoms with E-state index in [1.165, 1.54) is 6.08 Å². The highest BCUT2D eigenvalue weighted by molar-refractivity contribution is 5.89. The van der Waals surface area contributed by atoms with Crippen molar-refractivity contribution in [1.29, 1.82) is 0 Å². The molecule has 0 fully saturated rings. The minimum absolute atomic E-state index is 0.357. The molecule has 0 aliphatic heterocycles. The lowest BCUT2D eigenvalue weighted by atomic mass is 10.1.